The van der Waals surface area contributed by atoms with Gasteiger partial charge in [-0.15, -0.1) is 0 Å². The average molecular weight is 479 g/mol. The lowest BCUT2D eigenvalue weighted by atomic mass is 10.2. The maximum absolute atomic E-state index is 12.3. The molecule has 31 heavy (non-hydrogen) atoms. The molecular formula is C22H24Cl2N4O2S. The Kier molecular flexibility index (Phi) is 8.12. The molecule has 0 radical (unpaired) electrons. The molecule has 9 heteroatoms. The molecule has 2 amide bonds. The van der Waals surface area contributed by atoms with Crippen LogP contribution in [0.25, 0.3) is 0 Å². The summed E-state index contributed by atoms with van der Waals surface area (Å²) in [6.45, 7) is 4.86. The molecule has 164 valence electrons. The highest BCUT2D eigenvalue weighted by molar-refractivity contribution is 7.80. The molecule has 3 rings (SSSR count). The Hall–Kier alpha value is -2.35. The van der Waals surface area contributed by atoms with E-state index in [4.69, 9.17) is 35.4 Å². The maximum Gasteiger partial charge on any atom is 0.257 e. The van der Waals surface area contributed by atoms with E-state index in [0.29, 0.717) is 40.8 Å². The number of piperazine rings is 1. The number of thiocarbonyl (C=S) groups is 1. The molecule has 1 heterocycles. The highest BCUT2D eigenvalue weighted by atomic mass is 35.5. The summed E-state index contributed by atoms with van der Waals surface area (Å²) in [5, 5.41) is 6.92. The van der Waals surface area contributed by atoms with Crippen molar-refractivity contribution in [1.82, 2.24) is 10.2 Å². The highest BCUT2D eigenvalue weighted by Crippen LogP contribution is 2.29. The van der Waals surface area contributed by atoms with Crippen LogP contribution in [0, 0.1) is 0 Å². The van der Waals surface area contributed by atoms with Crippen molar-refractivity contribution in [2.24, 2.45) is 0 Å². The van der Waals surface area contributed by atoms with E-state index < -0.39 is 0 Å². The van der Waals surface area contributed by atoms with Gasteiger partial charge in [0.15, 0.2) is 5.11 Å². The summed E-state index contributed by atoms with van der Waals surface area (Å²) in [6.07, 6.45) is 1.46. The van der Waals surface area contributed by atoms with Crippen LogP contribution in [0.5, 0.6) is 0 Å². The molecule has 1 aliphatic rings. The van der Waals surface area contributed by atoms with Crippen molar-refractivity contribution in [1.29, 1.82) is 0 Å². The van der Waals surface area contributed by atoms with Crippen molar-refractivity contribution < 1.29 is 9.59 Å². The fraction of sp³-hybridized carbons (Fsp3) is 0.318. The third-order valence-corrected chi connectivity index (χ3v) is 5.73. The number of halogens is 2. The van der Waals surface area contributed by atoms with Crippen LogP contribution in [0.15, 0.2) is 42.5 Å². The van der Waals surface area contributed by atoms with Crippen LogP contribution in [0.1, 0.15) is 30.1 Å². The number of carbonyl (C=O) groups is 2. The van der Waals surface area contributed by atoms with E-state index in [2.05, 4.69) is 15.5 Å². The number of amides is 2. The van der Waals surface area contributed by atoms with Gasteiger partial charge < -0.3 is 15.1 Å². The van der Waals surface area contributed by atoms with Crippen LogP contribution in [-0.2, 0) is 4.79 Å². The van der Waals surface area contributed by atoms with E-state index in [9.17, 15) is 9.59 Å². The molecular weight excluding hydrogens is 455 g/mol. The summed E-state index contributed by atoms with van der Waals surface area (Å²) in [6, 6.07) is 12.1. The fourth-order valence-electron chi connectivity index (χ4n) is 3.35. The summed E-state index contributed by atoms with van der Waals surface area (Å²) >= 11 is 17.6. The summed E-state index contributed by atoms with van der Waals surface area (Å²) in [5.74, 6) is -0.116. The zero-order chi connectivity index (χ0) is 22.4. The number of anilines is 2. The third-order valence-electron chi connectivity index (χ3n) is 4.98. The first-order valence-corrected chi connectivity index (χ1v) is 11.2. The Morgan fingerprint density at radius 3 is 2.32 bits per heavy atom. The van der Waals surface area contributed by atoms with Crippen molar-refractivity contribution in [3.63, 3.8) is 0 Å². The lowest BCUT2D eigenvalue weighted by Gasteiger charge is -2.36. The van der Waals surface area contributed by atoms with Gasteiger partial charge >= 0.3 is 0 Å². The van der Waals surface area contributed by atoms with Gasteiger partial charge in [-0.2, -0.15) is 0 Å². The fourth-order valence-corrected chi connectivity index (χ4v) is 3.99. The van der Waals surface area contributed by atoms with Crippen molar-refractivity contribution in [3.05, 3.63) is 58.1 Å². The molecule has 0 aromatic heterocycles. The molecule has 1 aliphatic heterocycles. The van der Waals surface area contributed by atoms with Gasteiger partial charge in [0.05, 0.1) is 10.7 Å². The van der Waals surface area contributed by atoms with Crippen molar-refractivity contribution in [2.45, 2.75) is 19.8 Å². The number of benzene rings is 2. The second-order valence-electron chi connectivity index (χ2n) is 7.20. The van der Waals surface area contributed by atoms with E-state index >= 15 is 0 Å². The van der Waals surface area contributed by atoms with E-state index in [-0.39, 0.29) is 16.9 Å². The van der Waals surface area contributed by atoms with Crippen LogP contribution in [0.3, 0.4) is 0 Å². The van der Waals surface area contributed by atoms with Crippen molar-refractivity contribution >= 4 is 63.7 Å². The summed E-state index contributed by atoms with van der Waals surface area (Å²) in [7, 11) is 0. The third kappa shape index (κ3) is 6.32. The molecule has 2 aromatic carbocycles. The smallest absolute Gasteiger partial charge is 0.257 e. The molecule has 2 N–H and O–H groups in total. The van der Waals surface area contributed by atoms with Crippen LogP contribution in [0.4, 0.5) is 11.4 Å². The molecule has 1 fully saturated rings. The number of carbonyl (C=O) groups excluding carboxylic acids is 2. The normalized spacial score (nSPS) is 13.6. The molecule has 0 bridgehead atoms. The predicted molar refractivity (Wildman–Crippen MR) is 130 cm³/mol. The Morgan fingerprint density at radius 1 is 1.03 bits per heavy atom. The number of hydrogen-bond acceptors (Lipinski definition) is 4. The Morgan fingerprint density at radius 2 is 1.71 bits per heavy atom. The van der Waals surface area contributed by atoms with Crippen LogP contribution in [-0.4, -0.2) is 48.0 Å². The van der Waals surface area contributed by atoms with Crippen molar-refractivity contribution in [2.75, 3.05) is 36.4 Å². The second-order valence-corrected chi connectivity index (χ2v) is 8.45. The highest BCUT2D eigenvalue weighted by Gasteiger charge is 2.22. The van der Waals surface area contributed by atoms with Crippen molar-refractivity contribution in [3.8, 4) is 0 Å². The summed E-state index contributed by atoms with van der Waals surface area (Å²) < 4.78 is 0. The molecule has 0 spiro atoms. The van der Waals surface area contributed by atoms with Gasteiger partial charge in [-0.25, -0.2) is 0 Å². The number of hydrogen-bond donors (Lipinski definition) is 2. The SMILES string of the molecule is CCCC(=O)N1CCN(c2ccc(NC(=S)NC(=O)c3ccc(Cl)cc3)cc2Cl)CC1. The lowest BCUT2D eigenvalue weighted by molar-refractivity contribution is -0.131. The Labute approximate surface area is 197 Å². The van der Waals surface area contributed by atoms with E-state index in [1.807, 2.05) is 24.0 Å². The van der Waals surface area contributed by atoms with Crippen LogP contribution in [0.2, 0.25) is 10.0 Å². The second kappa shape index (κ2) is 10.8. The van der Waals surface area contributed by atoms with E-state index in [1.165, 1.54) is 0 Å². The zero-order valence-electron chi connectivity index (χ0n) is 17.2. The van der Waals surface area contributed by atoms with Gasteiger partial charge in [-0.1, -0.05) is 30.1 Å². The number of rotatable bonds is 5. The topological polar surface area (TPSA) is 64.7 Å². The number of nitrogens with one attached hydrogen (secondary N) is 2. The quantitative estimate of drug-likeness (QED) is 0.616. The monoisotopic (exact) mass is 478 g/mol. The van der Waals surface area contributed by atoms with E-state index in [1.54, 1.807) is 30.3 Å². The zero-order valence-corrected chi connectivity index (χ0v) is 19.5. The molecule has 6 nitrogen and oxygen atoms in total. The standard InChI is InChI=1S/C22H24Cl2N4O2S/c1-2-3-20(29)28-12-10-27(11-13-28)19-9-8-17(14-18(19)24)25-22(31)26-21(30)15-4-6-16(23)7-5-15/h4-9,14H,2-3,10-13H2,1H3,(H2,25,26,30,31). The molecule has 0 aliphatic carbocycles. The molecule has 0 atom stereocenters. The summed E-state index contributed by atoms with van der Waals surface area (Å²) in [4.78, 5) is 28.4. The van der Waals surface area contributed by atoms with Crippen LogP contribution >= 0.6 is 35.4 Å². The minimum absolute atomic E-state index is 0.173. The van der Waals surface area contributed by atoms with Crippen LogP contribution < -0.4 is 15.5 Å². The van der Waals surface area contributed by atoms with Gasteiger partial charge in [0.1, 0.15) is 0 Å². The summed E-state index contributed by atoms with van der Waals surface area (Å²) in [5.41, 5.74) is 2.04. The van der Waals surface area contributed by atoms with Gasteiger partial charge in [-0.05, 0) is 61.1 Å². The average Bonchev–Trinajstić information content (AvgIpc) is 2.74. The van der Waals surface area contributed by atoms with E-state index in [0.717, 1.165) is 25.2 Å². The minimum atomic E-state index is -0.327. The van der Waals surface area contributed by atoms with Gasteiger partial charge in [0.2, 0.25) is 5.91 Å². The predicted octanol–water partition coefficient (Wildman–Crippen LogP) is 4.57. The first-order chi connectivity index (χ1) is 14.9. The van der Waals surface area contributed by atoms with Gasteiger partial charge in [-0.3, -0.25) is 14.9 Å². The maximum atomic E-state index is 12.3. The van der Waals surface area contributed by atoms with Gasteiger partial charge in [0.25, 0.3) is 5.91 Å². The molecule has 1 saturated heterocycles. The molecule has 2 aromatic rings. The first-order valence-electron chi connectivity index (χ1n) is 10.1. The van der Waals surface area contributed by atoms with Gasteiger partial charge in [0, 0.05) is 48.9 Å². The Bertz CT molecular complexity index is 960. The lowest BCUT2D eigenvalue weighted by Crippen LogP contribution is -2.48. The first kappa shape index (κ1) is 23.3. The minimum Gasteiger partial charge on any atom is -0.367 e. The molecule has 0 saturated carbocycles. The number of nitrogens with zero attached hydrogens (tertiary/aromatic N) is 2. The largest absolute Gasteiger partial charge is 0.367 e. The molecule has 0 unspecified atom stereocenters. The Balaban J connectivity index is 1.56.